The van der Waals surface area contributed by atoms with Crippen LogP contribution in [0.1, 0.15) is 54.4 Å². The van der Waals surface area contributed by atoms with E-state index in [2.05, 4.69) is 41.5 Å². The van der Waals surface area contributed by atoms with Crippen LogP contribution in [0.25, 0.3) is 0 Å². The van der Waals surface area contributed by atoms with E-state index in [1.54, 1.807) is 0 Å². The summed E-state index contributed by atoms with van der Waals surface area (Å²) < 4.78 is 0. The van der Waals surface area contributed by atoms with Crippen LogP contribution in [0.4, 0.5) is 0 Å². The zero-order chi connectivity index (χ0) is 10.6. The molecule has 0 bridgehead atoms. The van der Waals surface area contributed by atoms with Crippen LogP contribution >= 0.6 is 11.6 Å². The molecular weight excluding hydrogens is 180 g/mol. The third-order valence-corrected chi connectivity index (χ3v) is 4.08. The average molecular weight is 205 g/mol. The third-order valence-electron chi connectivity index (χ3n) is 3.27. The molecule has 0 spiro atoms. The van der Waals surface area contributed by atoms with Gasteiger partial charge in [0, 0.05) is 4.87 Å². The number of hydrogen-bond donors (Lipinski definition) is 0. The van der Waals surface area contributed by atoms with Crippen molar-refractivity contribution < 1.29 is 0 Å². The fourth-order valence-corrected chi connectivity index (χ4v) is 1.54. The summed E-state index contributed by atoms with van der Waals surface area (Å²) in [6.07, 6.45) is 2.53. The molecular formula is C12H25Cl. The first-order valence-corrected chi connectivity index (χ1v) is 5.85. The van der Waals surface area contributed by atoms with Gasteiger partial charge in [0.2, 0.25) is 0 Å². The van der Waals surface area contributed by atoms with Crippen LogP contribution in [0.5, 0.6) is 0 Å². The second-order valence-electron chi connectivity index (χ2n) is 5.18. The Bertz CT molecular complexity index is 136. The van der Waals surface area contributed by atoms with Crippen molar-refractivity contribution in [3.63, 3.8) is 0 Å². The molecule has 0 saturated carbocycles. The van der Waals surface area contributed by atoms with Crippen molar-refractivity contribution >= 4 is 11.6 Å². The Morgan fingerprint density at radius 1 is 1.00 bits per heavy atom. The van der Waals surface area contributed by atoms with Crippen LogP contribution in [0.3, 0.4) is 0 Å². The number of halogens is 1. The fraction of sp³-hybridized carbons (Fsp3) is 1.00. The predicted octanol–water partition coefficient (Wildman–Crippen LogP) is 4.71. The van der Waals surface area contributed by atoms with E-state index in [9.17, 15) is 0 Å². The zero-order valence-electron chi connectivity index (χ0n) is 10.0. The van der Waals surface area contributed by atoms with E-state index >= 15 is 0 Å². The molecule has 0 amide bonds. The molecule has 13 heavy (non-hydrogen) atoms. The van der Waals surface area contributed by atoms with Gasteiger partial charge in [0.25, 0.3) is 0 Å². The van der Waals surface area contributed by atoms with Crippen LogP contribution in [-0.4, -0.2) is 4.87 Å². The van der Waals surface area contributed by atoms with Crippen molar-refractivity contribution in [3.05, 3.63) is 0 Å². The van der Waals surface area contributed by atoms with Crippen molar-refractivity contribution in [3.8, 4) is 0 Å². The first kappa shape index (κ1) is 13.3. The van der Waals surface area contributed by atoms with Gasteiger partial charge in [-0.2, -0.15) is 0 Å². The van der Waals surface area contributed by atoms with Crippen LogP contribution in [0, 0.1) is 17.8 Å². The monoisotopic (exact) mass is 204 g/mol. The van der Waals surface area contributed by atoms with Gasteiger partial charge in [-0.15, -0.1) is 11.6 Å². The third kappa shape index (κ3) is 4.35. The van der Waals surface area contributed by atoms with E-state index in [4.69, 9.17) is 11.6 Å². The largest absolute Gasteiger partial charge is 0.119 e. The summed E-state index contributed by atoms with van der Waals surface area (Å²) in [5.41, 5.74) is 0. The standard InChI is InChI=1S/C12H25Cl/c1-9(2)7-8-11(5)12(6,13)10(3)4/h9-11H,7-8H2,1-6H3. The van der Waals surface area contributed by atoms with E-state index in [1.807, 2.05) is 0 Å². The molecule has 0 aliphatic carbocycles. The zero-order valence-corrected chi connectivity index (χ0v) is 10.8. The first-order chi connectivity index (χ1) is 5.78. The minimum atomic E-state index is -0.0328. The minimum Gasteiger partial charge on any atom is -0.119 e. The Kier molecular flexibility index (Phi) is 5.36. The minimum absolute atomic E-state index is 0.0328. The van der Waals surface area contributed by atoms with Gasteiger partial charge in [0.1, 0.15) is 0 Å². The summed E-state index contributed by atoms with van der Waals surface area (Å²) in [5.74, 6) is 1.95. The fourth-order valence-electron chi connectivity index (χ4n) is 1.43. The lowest BCUT2D eigenvalue weighted by molar-refractivity contribution is 0.298. The lowest BCUT2D eigenvalue weighted by Crippen LogP contribution is -2.32. The second kappa shape index (κ2) is 5.24. The molecule has 0 aromatic carbocycles. The molecule has 0 aromatic rings. The molecule has 0 rings (SSSR count). The van der Waals surface area contributed by atoms with Crippen molar-refractivity contribution in [2.45, 2.75) is 59.3 Å². The summed E-state index contributed by atoms with van der Waals surface area (Å²) in [6.45, 7) is 13.4. The topological polar surface area (TPSA) is 0 Å². The molecule has 80 valence electrons. The van der Waals surface area contributed by atoms with E-state index in [0.717, 1.165) is 5.92 Å². The molecule has 0 aliphatic heterocycles. The second-order valence-corrected chi connectivity index (χ2v) is 5.99. The summed E-state index contributed by atoms with van der Waals surface area (Å²) in [6, 6.07) is 0. The van der Waals surface area contributed by atoms with Crippen LogP contribution in [0.2, 0.25) is 0 Å². The Hall–Kier alpha value is 0.290. The van der Waals surface area contributed by atoms with Crippen molar-refractivity contribution in [2.75, 3.05) is 0 Å². The first-order valence-electron chi connectivity index (χ1n) is 5.47. The Morgan fingerprint density at radius 3 is 1.77 bits per heavy atom. The normalized spacial score (nSPS) is 19.2. The molecule has 0 aromatic heterocycles. The highest BCUT2D eigenvalue weighted by atomic mass is 35.5. The molecule has 0 saturated heterocycles. The molecule has 0 aliphatic rings. The molecule has 0 fully saturated rings. The SMILES string of the molecule is CC(C)CCC(C)C(C)(Cl)C(C)C. The maximum absolute atomic E-state index is 6.51. The van der Waals surface area contributed by atoms with Gasteiger partial charge in [0.05, 0.1) is 0 Å². The van der Waals surface area contributed by atoms with Gasteiger partial charge < -0.3 is 0 Å². The van der Waals surface area contributed by atoms with E-state index < -0.39 is 0 Å². The quantitative estimate of drug-likeness (QED) is 0.569. The Morgan fingerprint density at radius 2 is 1.46 bits per heavy atom. The molecule has 2 atom stereocenters. The molecule has 0 N–H and O–H groups in total. The van der Waals surface area contributed by atoms with Crippen molar-refractivity contribution in [1.29, 1.82) is 0 Å². The summed E-state index contributed by atoms with van der Waals surface area (Å²) in [4.78, 5) is -0.0328. The van der Waals surface area contributed by atoms with E-state index in [-0.39, 0.29) is 4.87 Å². The van der Waals surface area contributed by atoms with Crippen LogP contribution in [-0.2, 0) is 0 Å². The number of alkyl halides is 1. The van der Waals surface area contributed by atoms with Crippen molar-refractivity contribution in [1.82, 2.24) is 0 Å². The Balaban J connectivity index is 4.01. The number of hydrogen-bond acceptors (Lipinski definition) is 0. The maximum Gasteiger partial charge on any atom is 0.0467 e. The van der Waals surface area contributed by atoms with Gasteiger partial charge in [-0.05, 0) is 31.1 Å². The molecule has 0 heterocycles. The summed E-state index contributed by atoms with van der Waals surface area (Å²) in [5, 5.41) is 0. The highest BCUT2D eigenvalue weighted by Gasteiger charge is 2.31. The maximum atomic E-state index is 6.51. The summed E-state index contributed by atoms with van der Waals surface area (Å²) in [7, 11) is 0. The van der Waals surface area contributed by atoms with Gasteiger partial charge in [-0.1, -0.05) is 41.0 Å². The molecule has 2 unspecified atom stereocenters. The molecule has 0 radical (unpaired) electrons. The molecule has 0 nitrogen and oxygen atoms in total. The predicted molar refractivity (Wildman–Crippen MR) is 62.3 cm³/mol. The lowest BCUT2D eigenvalue weighted by atomic mass is 9.81. The van der Waals surface area contributed by atoms with Crippen LogP contribution < -0.4 is 0 Å². The van der Waals surface area contributed by atoms with E-state index in [0.29, 0.717) is 11.8 Å². The molecule has 1 heteroatoms. The highest BCUT2D eigenvalue weighted by Crippen LogP contribution is 2.35. The van der Waals surface area contributed by atoms with Gasteiger partial charge >= 0.3 is 0 Å². The number of rotatable bonds is 5. The highest BCUT2D eigenvalue weighted by molar-refractivity contribution is 6.24. The van der Waals surface area contributed by atoms with Crippen molar-refractivity contribution in [2.24, 2.45) is 17.8 Å². The van der Waals surface area contributed by atoms with Gasteiger partial charge in [-0.25, -0.2) is 0 Å². The smallest absolute Gasteiger partial charge is 0.0467 e. The van der Waals surface area contributed by atoms with Crippen LogP contribution in [0.15, 0.2) is 0 Å². The lowest BCUT2D eigenvalue weighted by Gasteiger charge is -2.33. The van der Waals surface area contributed by atoms with Gasteiger partial charge in [0.15, 0.2) is 0 Å². The van der Waals surface area contributed by atoms with Gasteiger partial charge in [-0.3, -0.25) is 0 Å². The van der Waals surface area contributed by atoms with E-state index in [1.165, 1.54) is 12.8 Å². The summed E-state index contributed by atoms with van der Waals surface area (Å²) >= 11 is 6.51. The Labute approximate surface area is 89.1 Å². The average Bonchev–Trinajstić information content (AvgIpc) is 1.99.